The van der Waals surface area contributed by atoms with E-state index in [1.165, 1.54) is 38.3 Å². The number of carbonyl (C=O) groups is 4. The molecule has 1 N–H and O–H groups in total. The van der Waals surface area contributed by atoms with Crippen molar-refractivity contribution in [2.45, 2.75) is 19.9 Å². The third kappa shape index (κ3) is 7.54. The van der Waals surface area contributed by atoms with Crippen molar-refractivity contribution in [3.05, 3.63) is 39.9 Å². The molecule has 0 radical (unpaired) electrons. The Hall–Kier alpha value is -3.92. The molecule has 0 saturated heterocycles. The number of Topliss-reactive ketones (excluding diaryl/α,β-unsaturated/α-hetero) is 2. The second kappa shape index (κ2) is 11.6. The summed E-state index contributed by atoms with van der Waals surface area (Å²) in [4.78, 5) is 55.8. The van der Waals surface area contributed by atoms with E-state index in [1.54, 1.807) is 0 Å². The van der Waals surface area contributed by atoms with E-state index < -0.39 is 40.2 Å². The molecule has 0 fully saturated rings. The normalized spacial score (nSPS) is 10.1. The van der Waals surface area contributed by atoms with Crippen molar-refractivity contribution < 1.29 is 38.4 Å². The summed E-state index contributed by atoms with van der Waals surface area (Å²) >= 11 is 0. The van der Waals surface area contributed by atoms with Crippen LogP contribution in [0.5, 0.6) is 0 Å². The molecule has 0 bridgehead atoms. The van der Waals surface area contributed by atoms with Crippen LogP contribution >= 0.6 is 0 Å². The molecule has 0 spiro atoms. The zero-order valence-electron chi connectivity index (χ0n) is 15.5. The Morgan fingerprint density at radius 2 is 1.64 bits per heavy atom. The molecule has 150 valence electrons. The van der Waals surface area contributed by atoms with Crippen molar-refractivity contribution in [2.75, 3.05) is 19.5 Å². The van der Waals surface area contributed by atoms with E-state index in [0.717, 1.165) is 14.0 Å². The second-order valence-electron chi connectivity index (χ2n) is 5.01. The number of non-ortho nitro benzene ring substituents is 1. The molecular formula is C16H18N4O8. The largest absolute Gasteiger partial charge is 0.467 e. The average molecular weight is 394 g/mol. The van der Waals surface area contributed by atoms with Gasteiger partial charge in [-0.1, -0.05) is 0 Å². The van der Waals surface area contributed by atoms with E-state index in [-0.39, 0.29) is 5.69 Å². The van der Waals surface area contributed by atoms with Crippen LogP contribution in [-0.4, -0.2) is 59.2 Å². The van der Waals surface area contributed by atoms with Crippen LogP contribution in [0, 0.1) is 10.1 Å². The Morgan fingerprint density at radius 3 is 1.93 bits per heavy atom. The number of anilines is 1. The maximum absolute atomic E-state index is 11.3. The monoisotopic (exact) mass is 394 g/mol. The summed E-state index contributed by atoms with van der Waals surface area (Å²) in [5, 5.41) is 13.1. The summed E-state index contributed by atoms with van der Waals surface area (Å²) in [6, 6.07) is 4.26. The lowest BCUT2D eigenvalue weighted by Gasteiger charge is -2.14. The molecule has 0 amide bonds. The summed E-state index contributed by atoms with van der Waals surface area (Å²) in [5.41, 5.74) is 7.82. The fourth-order valence-electron chi connectivity index (χ4n) is 1.64. The first-order valence-corrected chi connectivity index (χ1v) is 7.49. The number of methoxy groups -OCH3 is 2. The molecule has 0 heterocycles. The van der Waals surface area contributed by atoms with Crippen LogP contribution in [0.4, 0.5) is 11.4 Å². The van der Waals surface area contributed by atoms with E-state index in [0.29, 0.717) is 5.69 Å². The molecule has 1 aromatic rings. The van der Waals surface area contributed by atoms with Gasteiger partial charge in [0, 0.05) is 24.7 Å². The second-order valence-corrected chi connectivity index (χ2v) is 5.01. The van der Waals surface area contributed by atoms with Crippen molar-refractivity contribution in [3.63, 3.8) is 0 Å². The van der Waals surface area contributed by atoms with Gasteiger partial charge in [0.25, 0.3) is 5.69 Å². The van der Waals surface area contributed by atoms with Gasteiger partial charge in [-0.2, -0.15) is 4.79 Å². The zero-order valence-corrected chi connectivity index (χ0v) is 15.5. The molecule has 0 aromatic heterocycles. The third-order valence-corrected chi connectivity index (χ3v) is 3.04. The van der Waals surface area contributed by atoms with Crippen LogP contribution in [-0.2, 0) is 28.7 Å². The number of hydrogen-bond donors (Lipinski definition) is 1. The van der Waals surface area contributed by atoms with Gasteiger partial charge in [0.2, 0.25) is 5.78 Å². The molecule has 12 heteroatoms. The average Bonchev–Trinajstić information content (AvgIpc) is 2.66. The first-order chi connectivity index (χ1) is 13.1. The van der Waals surface area contributed by atoms with Crippen LogP contribution in [0.15, 0.2) is 24.3 Å². The Bertz CT molecular complexity index is 812. The minimum atomic E-state index is -1.11. The number of nitrogens with zero attached hydrogens (tertiary/aromatic N) is 3. The van der Waals surface area contributed by atoms with Crippen molar-refractivity contribution >= 4 is 40.6 Å². The van der Waals surface area contributed by atoms with Gasteiger partial charge in [-0.05, 0) is 19.1 Å². The minimum Gasteiger partial charge on any atom is -0.467 e. The molecular weight excluding hydrogens is 376 g/mol. The van der Waals surface area contributed by atoms with E-state index in [1.807, 2.05) is 0 Å². The van der Waals surface area contributed by atoms with Crippen LogP contribution in [0.2, 0.25) is 0 Å². The van der Waals surface area contributed by atoms with Gasteiger partial charge in [0.1, 0.15) is 0 Å². The molecule has 12 nitrogen and oxygen atoms in total. The topological polar surface area (TPSA) is 178 Å². The van der Waals surface area contributed by atoms with Gasteiger partial charge < -0.3 is 20.3 Å². The van der Waals surface area contributed by atoms with Gasteiger partial charge in [-0.15, -0.1) is 0 Å². The van der Waals surface area contributed by atoms with Crippen LogP contribution < -0.4 is 5.32 Å². The molecule has 1 atom stereocenters. The lowest BCUT2D eigenvalue weighted by Crippen LogP contribution is -2.36. The predicted molar refractivity (Wildman–Crippen MR) is 94.5 cm³/mol. The molecule has 1 unspecified atom stereocenters. The number of ketones is 2. The van der Waals surface area contributed by atoms with Crippen molar-refractivity contribution in [3.8, 4) is 0 Å². The molecule has 0 aliphatic rings. The quantitative estimate of drug-likeness (QED) is 0.131. The van der Waals surface area contributed by atoms with E-state index in [9.17, 15) is 29.3 Å². The summed E-state index contributed by atoms with van der Waals surface area (Å²) in [7, 11) is 2.27. The number of rotatable bonds is 7. The highest BCUT2D eigenvalue weighted by Crippen LogP contribution is 2.16. The minimum absolute atomic E-state index is 0.0713. The van der Waals surface area contributed by atoms with Crippen molar-refractivity contribution in [1.29, 1.82) is 0 Å². The van der Waals surface area contributed by atoms with Crippen LogP contribution in [0.1, 0.15) is 13.8 Å². The van der Waals surface area contributed by atoms with Gasteiger partial charge >= 0.3 is 17.7 Å². The maximum atomic E-state index is 11.3. The summed E-state index contributed by atoms with van der Waals surface area (Å²) < 4.78 is 8.59. The highest BCUT2D eigenvalue weighted by Gasteiger charge is 2.26. The standard InChI is InChI=1S/C11H12N2O5.C5H6N2O3/c1-7(14)10(11(15)18-2)12-8-3-5-9(6-4-8)13(16)17;1-3(8)4(7-6)5(9)10-2/h3-6,10,12H,1-2H3;1-2H3. The summed E-state index contributed by atoms with van der Waals surface area (Å²) in [6.07, 6.45) is 0. The highest BCUT2D eigenvalue weighted by atomic mass is 16.6. The summed E-state index contributed by atoms with van der Waals surface area (Å²) in [6.45, 7) is 2.35. The first-order valence-electron chi connectivity index (χ1n) is 7.49. The molecule has 28 heavy (non-hydrogen) atoms. The Kier molecular flexibility index (Phi) is 10.0. The van der Waals surface area contributed by atoms with Crippen LogP contribution in [0.25, 0.3) is 5.53 Å². The Morgan fingerprint density at radius 1 is 1.11 bits per heavy atom. The first kappa shape index (κ1) is 24.1. The lowest BCUT2D eigenvalue weighted by atomic mass is 10.2. The van der Waals surface area contributed by atoms with E-state index in [2.05, 4.69) is 19.6 Å². The van der Waals surface area contributed by atoms with Gasteiger partial charge in [-0.3, -0.25) is 19.7 Å². The van der Waals surface area contributed by atoms with E-state index >= 15 is 0 Å². The zero-order chi connectivity index (χ0) is 21.9. The third-order valence-electron chi connectivity index (χ3n) is 3.04. The Labute approximate surface area is 159 Å². The number of carbonyl (C=O) groups excluding carboxylic acids is 4. The number of ether oxygens (including phenoxy) is 2. The number of benzene rings is 1. The van der Waals surface area contributed by atoms with E-state index in [4.69, 9.17) is 5.53 Å². The van der Waals surface area contributed by atoms with Crippen molar-refractivity contribution in [2.24, 2.45) is 0 Å². The molecule has 0 aliphatic heterocycles. The lowest BCUT2D eigenvalue weighted by molar-refractivity contribution is -0.384. The number of hydrogen-bond acceptors (Lipinski definition) is 9. The molecule has 0 aliphatic carbocycles. The van der Waals surface area contributed by atoms with Gasteiger partial charge in [0.05, 0.1) is 19.1 Å². The number of nitro benzene ring substituents is 1. The fraction of sp³-hybridized carbons (Fsp3) is 0.312. The number of nitro groups is 1. The Balaban J connectivity index is 0.000000621. The SMILES string of the molecule is COC(=O)C(=[N+]=[N-])C(C)=O.COC(=O)C(Nc1ccc([N+](=O)[O-])cc1)C(C)=O. The smallest absolute Gasteiger partial charge is 0.441 e. The predicted octanol–water partition coefficient (Wildman–Crippen LogP) is 0.556. The fourth-order valence-corrected chi connectivity index (χ4v) is 1.64. The van der Waals surface area contributed by atoms with Crippen LogP contribution in [0.3, 0.4) is 0 Å². The molecule has 1 rings (SSSR count). The number of esters is 2. The van der Waals surface area contributed by atoms with Crippen molar-refractivity contribution in [1.82, 2.24) is 0 Å². The number of nitrogens with one attached hydrogen (secondary N) is 1. The molecule has 0 saturated carbocycles. The highest BCUT2D eigenvalue weighted by molar-refractivity contribution is 6.61. The van der Waals surface area contributed by atoms with Gasteiger partial charge in [0.15, 0.2) is 11.8 Å². The van der Waals surface area contributed by atoms with Gasteiger partial charge in [-0.25, -0.2) is 9.59 Å². The molecule has 1 aromatic carbocycles. The maximum Gasteiger partial charge on any atom is 0.441 e. The summed E-state index contributed by atoms with van der Waals surface area (Å²) in [5.74, 6) is -2.68.